The number of rotatable bonds is 7. The third-order valence-electron chi connectivity index (χ3n) is 4.12. The maximum Gasteiger partial charge on any atom is 0.158 e. The number of unbranched alkanes of at least 4 members (excludes halogenated alkanes) is 1. The average molecular weight is 365 g/mol. The van der Waals surface area contributed by atoms with E-state index in [2.05, 4.69) is 77.7 Å². The highest BCUT2D eigenvalue weighted by Crippen LogP contribution is 2.34. The highest BCUT2D eigenvalue weighted by atomic mass is 32.2. The van der Waals surface area contributed by atoms with Crippen molar-refractivity contribution < 1.29 is 0 Å². The van der Waals surface area contributed by atoms with Crippen LogP contribution < -0.4 is 11.1 Å². The third-order valence-corrected chi connectivity index (χ3v) is 5.15. The number of nitrogens with two attached hydrogens (primary N) is 1. The summed E-state index contributed by atoms with van der Waals surface area (Å²) in [6, 6.07) is 16.7. The first kappa shape index (κ1) is 18.3. The molecule has 3 N–H and O–H groups in total. The molecule has 0 spiro atoms. The molecule has 0 fully saturated rings. The first-order chi connectivity index (χ1) is 12.7. The number of nitrogen functional groups attached to an aromatic ring is 1. The second-order valence-corrected chi connectivity index (χ2v) is 7.34. The summed E-state index contributed by atoms with van der Waals surface area (Å²) in [5.41, 5.74) is 10.4. The van der Waals surface area contributed by atoms with Crippen LogP contribution in [-0.2, 0) is 6.42 Å². The summed E-state index contributed by atoms with van der Waals surface area (Å²) in [4.78, 5) is 9.74. The van der Waals surface area contributed by atoms with Gasteiger partial charge in [0.15, 0.2) is 5.82 Å². The predicted molar refractivity (Wildman–Crippen MR) is 110 cm³/mol. The molecule has 26 heavy (non-hydrogen) atoms. The molecule has 134 valence electrons. The van der Waals surface area contributed by atoms with Crippen molar-refractivity contribution in [1.29, 1.82) is 0 Å². The highest BCUT2D eigenvalue weighted by Gasteiger charge is 2.10. The minimum absolute atomic E-state index is 0.563. The van der Waals surface area contributed by atoms with Gasteiger partial charge in [0.1, 0.15) is 17.0 Å². The van der Waals surface area contributed by atoms with E-state index in [9.17, 15) is 0 Å². The van der Waals surface area contributed by atoms with Crippen LogP contribution in [0.15, 0.2) is 64.8 Å². The topological polar surface area (TPSA) is 63.8 Å². The molecule has 0 amide bonds. The standard InChI is InChI=1S/C21H24N4S/c1-3-4-5-16-8-10-17(11-9-16)25-20-19(22)21(24-14-23-20)26-18-12-6-15(2)7-13-18/h6-14H,3-5,22H2,1-2H3,(H,23,24,25). The summed E-state index contributed by atoms with van der Waals surface area (Å²) >= 11 is 1.54. The summed E-state index contributed by atoms with van der Waals surface area (Å²) in [6.45, 7) is 4.28. The van der Waals surface area contributed by atoms with Crippen molar-refractivity contribution in [3.8, 4) is 0 Å². The lowest BCUT2D eigenvalue weighted by Gasteiger charge is -2.11. The normalized spacial score (nSPS) is 10.7. The molecule has 3 aromatic rings. The number of hydrogen-bond donors (Lipinski definition) is 2. The average Bonchev–Trinajstić information content (AvgIpc) is 2.66. The molecule has 0 saturated heterocycles. The van der Waals surface area contributed by atoms with Crippen molar-refractivity contribution in [2.24, 2.45) is 0 Å². The minimum atomic E-state index is 0.563. The molecule has 1 heterocycles. The van der Waals surface area contributed by atoms with Crippen molar-refractivity contribution in [1.82, 2.24) is 9.97 Å². The first-order valence-electron chi connectivity index (χ1n) is 8.86. The van der Waals surface area contributed by atoms with Gasteiger partial charge in [-0.2, -0.15) is 0 Å². The zero-order valence-corrected chi connectivity index (χ0v) is 16.0. The molecule has 0 bridgehead atoms. The van der Waals surface area contributed by atoms with Gasteiger partial charge in [-0.05, 0) is 49.6 Å². The fourth-order valence-corrected chi connectivity index (χ4v) is 3.35. The monoisotopic (exact) mass is 364 g/mol. The van der Waals surface area contributed by atoms with E-state index in [1.165, 1.54) is 24.0 Å². The Morgan fingerprint density at radius 2 is 1.73 bits per heavy atom. The smallest absolute Gasteiger partial charge is 0.158 e. The van der Waals surface area contributed by atoms with E-state index < -0.39 is 0 Å². The molecule has 0 atom stereocenters. The van der Waals surface area contributed by atoms with Crippen LogP contribution >= 0.6 is 11.8 Å². The van der Waals surface area contributed by atoms with Gasteiger partial charge in [0, 0.05) is 10.6 Å². The molecule has 3 rings (SSSR count). The van der Waals surface area contributed by atoms with Gasteiger partial charge in [-0.15, -0.1) is 0 Å². The predicted octanol–water partition coefficient (Wildman–Crippen LogP) is 5.60. The van der Waals surface area contributed by atoms with Gasteiger partial charge in [0.05, 0.1) is 0 Å². The molecule has 0 radical (unpaired) electrons. The maximum atomic E-state index is 6.30. The van der Waals surface area contributed by atoms with Gasteiger partial charge in [-0.1, -0.05) is 54.9 Å². The van der Waals surface area contributed by atoms with Crippen molar-refractivity contribution in [2.45, 2.75) is 43.0 Å². The van der Waals surface area contributed by atoms with E-state index in [4.69, 9.17) is 5.73 Å². The van der Waals surface area contributed by atoms with Gasteiger partial charge < -0.3 is 11.1 Å². The number of aromatic nitrogens is 2. The van der Waals surface area contributed by atoms with Gasteiger partial charge in [-0.3, -0.25) is 0 Å². The quantitative estimate of drug-likeness (QED) is 0.534. The summed E-state index contributed by atoms with van der Waals surface area (Å²) in [5, 5.41) is 4.06. The number of aryl methyl sites for hydroxylation is 2. The second-order valence-electron chi connectivity index (χ2n) is 6.28. The SMILES string of the molecule is CCCCc1ccc(Nc2ncnc(Sc3ccc(C)cc3)c2N)cc1. The number of nitrogens with one attached hydrogen (secondary N) is 1. The number of hydrogen-bond acceptors (Lipinski definition) is 5. The van der Waals surface area contributed by atoms with E-state index in [1.807, 2.05) is 0 Å². The lowest BCUT2D eigenvalue weighted by molar-refractivity contribution is 0.795. The summed E-state index contributed by atoms with van der Waals surface area (Å²) in [5.74, 6) is 0.635. The van der Waals surface area contributed by atoms with Crippen LogP contribution in [-0.4, -0.2) is 9.97 Å². The van der Waals surface area contributed by atoms with Crippen LogP contribution in [0.5, 0.6) is 0 Å². The molecule has 5 heteroatoms. The minimum Gasteiger partial charge on any atom is -0.394 e. The molecule has 0 aliphatic rings. The van der Waals surface area contributed by atoms with Crippen molar-refractivity contribution in [3.05, 3.63) is 66.0 Å². The lowest BCUT2D eigenvalue weighted by atomic mass is 10.1. The molecule has 0 unspecified atom stereocenters. The molecular weight excluding hydrogens is 340 g/mol. The number of nitrogens with zero attached hydrogens (tertiary/aromatic N) is 2. The summed E-state index contributed by atoms with van der Waals surface area (Å²) in [7, 11) is 0. The maximum absolute atomic E-state index is 6.30. The molecule has 0 aliphatic carbocycles. The fraction of sp³-hybridized carbons (Fsp3) is 0.238. The first-order valence-corrected chi connectivity index (χ1v) is 9.68. The zero-order chi connectivity index (χ0) is 18.4. The lowest BCUT2D eigenvalue weighted by Crippen LogP contribution is -2.02. The van der Waals surface area contributed by atoms with Gasteiger partial charge in [0.25, 0.3) is 0 Å². The second kappa shape index (κ2) is 8.72. The Balaban J connectivity index is 1.73. The Bertz CT molecular complexity index is 845. The Morgan fingerprint density at radius 3 is 2.42 bits per heavy atom. The van der Waals surface area contributed by atoms with Crippen molar-refractivity contribution in [2.75, 3.05) is 11.1 Å². The highest BCUT2D eigenvalue weighted by molar-refractivity contribution is 7.99. The Labute approximate surface area is 159 Å². The Hall–Kier alpha value is -2.53. The number of benzene rings is 2. The van der Waals surface area contributed by atoms with E-state index in [0.717, 1.165) is 22.0 Å². The van der Waals surface area contributed by atoms with E-state index >= 15 is 0 Å². The fourth-order valence-electron chi connectivity index (χ4n) is 2.55. The van der Waals surface area contributed by atoms with Gasteiger partial charge in [0.2, 0.25) is 0 Å². The molecule has 4 nitrogen and oxygen atoms in total. The van der Waals surface area contributed by atoms with Crippen LogP contribution in [0, 0.1) is 6.92 Å². The van der Waals surface area contributed by atoms with Crippen LogP contribution in [0.2, 0.25) is 0 Å². The van der Waals surface area contributed by atoms with Crippen molar-refractivity contribution in [3.63, 3.8) is 0 Å². The number of anilines is 3. The largest absolute Gasteiger partial charge is 0.394 e. The molecular formula is C21H24N4S. The molecule has 0 aliphatic heterocycles. The van der Waals surface area contributed by atoms with Gasteiger partial charge >= 0.3 is 0 Å². The van der Waals surface area contributed by atoms with Crippen molar-refractivity contribution >= 4 is 29.0 Å². The van der Waals surface area contributed by atoms with Crippen LogP contribution in [0.3, 0.4) is 0 Å². The Kier molecular flexibility index (Phi) is 6.12. The van der Waals surface area contributed by atoms with E-state index in [-0.39, 0.29) is 0 Å². The zero-order valence-electron chi connectivity index (χ0n) is 15.2. The van der Waals surface area contributed by atoms with Gasteiger partial charge in [-0.25, -0.2) is 9.97 Å². The summed E-state index contributed by atoms with van der Waals surface area (Å²) in [6.07, 6.45) is 5.08. The van der Waals surface area contributed by atoms with E-state index in [1.54, 1.807) is 18.1 Å². The third kappa shape index (κ3) is 4.76. The van der Waals surface area contributed by atoms with Crippen LogP contribution in [0.4, 0.5) is 17.2 Å². The molecule has 0 saturated carbocycles. The molecule has 1 aromatic heterocycles. The van der Waals surface area contributed by atoms with Crippen LogP contribution in [0.25, 0.3) is 0 Å². The van der Waals surface area contributed by atoms with Crippen LogP contribution in [0.1, 0.15) is 30.9 Å². The van der Waals surface area contributed by atoms with E-state index in [0.29, 0.717) is 11.5 Å². The Morgan fingerprint density at radius 1 is 1.00 bits per heavy atom. The summed E-state index contributed by atoms with van der Waals surface area (Å²) < 4.78 is 0. The molecule has 2 aromatic carbocycles.